The summed E-state index contributed by atoms with van der Waals surface area (Å²) in [6.07, 6.45) is 3.89. The van der Waals surface area contributed by atoms with Gasteiger partial charge in [0.1, 0.15) is 17.6 Å². The van der Waals surface area contributed by atoms with Crippen molar-refractivity contribution in [2.75, 3.05) is 0 Å². The predicted octanol–water partition coefficient (Wildman–Crippen LogP) is 1.35. The maximum atomic E-state index is 12.3. The lowest BCUT2D eigenvalue weighted by molar-refractivity contribution is -0.129. The Hall–Kier alpha value is -2.31. The highest BCUT2D eigenvalue weighted by molar-refractivity contribution is 5.97. The molecule has 3 N–H and O–H groups in total. The number of hydrogen-bond donors (Lipinski definition) is 3. The molecular weight excluding hydrogens is 298 g/mol. The topological polar surface area (TPSA) is 100 Å². The highest BCUT2D eigenvalue weighted by atomic mass is 16.3. The molecule has 0 radical (unpaired) electrons. The number of amides is 3. The van der Waals surface area contributed by atoms with E-state index in [0.717, 1.165) is 25.7 Å². The summed E-state index contributed by atoms with van der Waals surface area (Å²) in [5.74, 6) is 0.113. The van der Waals surface area contributed by atoms with Crippen LogP contribution >= 0.6 is 0 Å². The first kappa shape index (κ1) is 17.1. The molecule has 1 fully saturated rings. The lowest BCUT2D eigenvalue weighted by Gasteiger charge is -2.23. The molecule has 0 bridgehead atoms. The van der Waals surface area contributed by atoms with Gasteiger partial charge < -0.3 is 9.73 Å². The van der Waals surface area contributed by atoms with Crippen LogP contribution in [0.3, 0.4) is 0 Å². The van der Waals surface area contributed by atoms with Crippen LogP contribution in [0.25, 0.3) is 0 Å². The van der Waals surface area contributed by atoms with Gasteiger partial charge in [-0.1, -0.05) is 12.8 Å². The summed E-state index contributed by atoms with van der Waals surface area (Å²) in [6, 6.07) is 0.988. The fourth-order valence-corrected chi connectivity index (χ4v) is 3.03. The molecule has 0 aromatic carbocycles. The molecule has 1 aliphatic rings. The van der Waals surface area contributed by atoms with E-state index >= 15 is 0 Å². The van der Waals surface area contributed by atoms with Crippen LogP contribution in [0.5, 0.6) is 0 Å². The maximum Gasteiger partial charge on any atom is 0.273 e. The lowest BCUT2D eigenvalue weighted by atomic mass is 9.97. The molecule has 23 heavy (non-hydrogen) atoms. The summed E-state index contributed by atoms with van der Waals surface area (Å²) < 4.78 is 5.29. The highest BCUT2D eigenvalue weighted by Gasteiger charge is 2.31. The molecule has 0 spiro atoms. The Morgan fingerprint density at radius 3 is 2.35 bits per heavy atom. The average molecular weight is 321 g/mol. The van der Waals surface area contributed by atoms with Crippen LogP contribution < -0.4 is 16.2 Å². The number of carbonyl (C=O) groups excluding carboxylic acids is 3. The van der Waals surface area contributed by atoms with Gasteiger partial charge in [-0.15, -0.1) is 0 Å². The van der Waals surface area contributed by atoms with Crippen molar-refractivity contribution in [3.8, 4) is 0 Å². The van der Waals surface area contributed by atoms with E-state index in [1.54, 1.807) is 19.9 Å². The summed E-state index contributed by atoms with van der Waals surface area (Å²) >= 11 is 0. The molecule has 0 aliphatic heterocycles. The Kier molecular flexibility index (Phi) is 5.41. The molecule has 7 nitrogen and oxygen atoms in total. The van der Waals surface area contributed by atoms with Gasteiger partial charge in [0.25, 0.3) is 11.8 Å². The summed E-state index contributed by atoms with van der Waals surface area (Å²) in [4.78, 5) is 35.7. The van der Waals surface area contributed by atoms with E-state index in [2.05, 4.69) is 16.2 Å². The molecule has 126 valence electrons. The largest absolute Gasteiger partial charge is 0.466 e. The summed E-state index contributed by atoms with van der Waals surface area (Å²) in [7, 11) is 0. The molecule has 1 aromatic rings. The number of hydrogen-bond acceptors (Lipinski definition) is 4. The molecule has 1 aliphatic carbocycles. The molecule has 1 atom stereocenters. The van der Waals surface area contributed by atoms with Gasteiger partial charge in [0.2, 0.25) is 5.91 Å². The minimum atomic E-state index is -0.623. The molecule has 1 heterocycles. The third-order valence-corrected chi connectivity index (χ3v) is 4.10. The summed E-state index contributed by atoms with van der Waals surface area (Å²) in [5, 5.41) is 2.68. The third-order valence-electron chi connectivity index (χ3n) is 4.10. The molecule has 7 heteroatoms. The van der Waals surface area contributed by atoms with Crippen molar-refractivity contribution < 1.29 is 18.8 Å². The number of nitrogens with one attached hydrogen (secondary N) is 3. The molecule has 1 unspecified atom stereocenters. The fourth-order valence-electron chi connectivity index (χ4n) is 3.03. The standard InChI is InChI=1S/C16H23N3O4/c1-9-8-13(10(2)23-9)15(21)18-19-16(22)14(17-11(3)20)12-6-4-5-7-12/h8,12,14H,4-7H2,1-3H3,(H,17,20)(H,18,21)(H,19,22). The molecule has 1 aromatic heterocycles. The minimum absolute atomic E-state index is 0.105. The van der Waals surface area contributed by atoms with Crippen molar-refractivity contribution in [3.05, 3.63) is 23.2 Å². The van der Waals surface area contributed by atoms with Gasteiger partial charge in [0.05, 0.1) is 5.56 Å². The monoisotopic (exact) mass is 321 g/mol. The molecule has 3 amide bonds. The van der Waals surface area contributed by atoms with E-state index in [-0.39, 0.29) is 11.8 Å². The van der Waals surface area contributed by atoms with Gasteiger partial charge in [0.15, 0.2) is 0 Å². The van der Waals surface area contributed by atoms with Crippen molar-refractivity contribution in [1.29, 1.82) is 0 Å². The van der Waals surface area contributed by atoms with Gasteiger partial charge in [0, 0.05) is 6.92 Å². The van der Waals surface area contributed by atoms with E-state index < -0.39 is 17.9 Å². The average Bonchev–Trinajstić information content (AvgIpc) is 3.11. The zero-order valence-electron chi connectivity index (χ0n) is 13.7. The fraction of sp³-hybridized carbons (Fsp3) is 0.562. The Morgan fingerprint density at radius 2 is 1.83 bits per heavy atom. The first-order valence-corrected chi connectivity index (χ1v) is 7.83. The van der Waals surface area contributed by atoms with E-state index in [1.807, 2.05) is 0 Å². The lowest BCUT2D eigenvalue weighted by Crippen LogP contribution is -2.54. The zero-order chi connectivity index (χ0) is 17.0. The molecule has 0 saturated heterocycles. The Labute approximate surface area is 135 Å². The van der Waals surface area contributed by atoms with Crippen molar-refractivity contribution in [2.24, 2.45) is 5.92 Å². The Morgan fingerprint density at radius 1 is 1.17 bits per heavy atom. The first-order valence-electron chi connectivity index (χ1n) is 7.83. The minimum Gasteiger partial charge on any atom is -0.466 e. The van der Waals surface area contributed by atoms with Crippen LogP contribution in [0, 0.1) is 19.8 Å². The van der Waals surface area contributed by atoms with Crippen LogP contribution in [0.4, 0.5) is 0 Å². The Balaban J connectivity index is 1.96. The van der Waals surface area contributed by atoms with Gasteiger partial charge >= 0.3 is 0 Å². The third kappa shape index (κ3) is 4.34. The number of carbonyl (C=O) groups is 3. The first-order chi connectivity index (χ1) is 10.9. The van der Waals surface area contributed by atoms with Crippen molar-refractivity contribution in [3.63, 3.8) is 0 Å². The van der Waals surface area contributed by atoms with Crippen LogP contribution in [-0.2, 0) is 9.59 Å². The second-order valence-electron chi connectivity index (χ2n) is 5.99. The van der Waals surface area contributed by atoms with Crippen molar-refractivity contribution in [2.45, 2.75) is 52.5 Å². The number of furan rings is 1. The normalized spacial score (nSPS) is 16.0. The molecular formula is C16H23N3O4. The van der Waals surface area contributed by atoms with E-state index in [4.69, 9.17) is 4.42 Å². The van der Waals surface area contributed by atoms with Crippen molar-refractivity contribution in [1.82, 2.24) is 16.2 Å². The quantitative estimate of drug-likeness (QED) is 0.729. The summed E-state index contributed by atoms with van der Waals surface area (Å²) in [6.45, 7) is 4.81. The summed E-state index contributed by atoms with van der Waals surface area (Å²) in [5.41, 5.74) is 5.16. The molecule has 2 rings (SSSR count). The smallest absolute Gasteiger partial charge is 0.273 e. The Bertz CT molecular complexity index is 602. The van der Waals surface area contributed by atoms with E-state index in [1.165, 1.54) is 6.92 Å². The van der Waals surface area contributed by atoms with Gasteiger partial charge in [-0.3, -0.25) is 25.2 Å². The highest BCUT2D eigenvalue weighted by Crippen LogP contribution is 2.27. The maximum absolute atomic E-state index is 12.3. The van der Waals surface area contributed by atoms with Crippen LogP contribution in [-0.4, -0.2) is 23.8 Å². The number of aryl methyl sites for hydroxylation is 2. The second-order valence-corrected chi connectivity index (χ2v) is 5.99. The predicted molar refractivity (Wildman–Crippen MR) is 83.4 cm³/mol. The van der Waals surface area contributed by atoms with Crippen LogP contribution in [0.15, 0.2) is 10.5 Å². The number of hydrazine groups is 1. The zero-order valence-corrected chi connectivity index (χ0v) is 13.7. The van der Waals surface area contributed by atoms with E-state index in [9.17, 15) is 14.4 Å². The van der Waals surface area contributed by atoms with Crippen molar-refractivity contribution >= 4 is 17.7 Å². The van der Waals surface area contributed by atoms with E-state index in [0.29, 0.717) is 17.1 Å². The second kappa shape index (κ2) is 7.30. The van der Waals surface area contributed by atoms with Gasteiger partial charge in [-0.25, -0.2) is 0 Å². The molecule has 1 saturated carbocycles. The van der Waals surface area contributed by atoms with Crippen LogP contribution in [0.2, 0.25) is 0 Å². The van der Waals surface area contributed by atoms with Crippen LogP contribution in [0.1, 0.15) is 54.5 Å². The number of rotatable bonds is 4. The van der Waals surface area contributed by atoms with Gasteiger partial charge in [-0.05, 0) is 38.7 Å². The van der Waals surface area contributed by atoms with Gasteiger partial charge in [-0.2, -0.15) is 0 Å². The SMILES string of the molecule is CC(=O)NC(C(=O)NNC(=O)c1cc(C)oc1C)C1CCCC1.